The highest BCUT2D eigenvalue weighted by molar-refractivity contribution is 7.17. The predicted molar refractivity (Wildman–Crippen MR) is 119 cm³/mol. The molecule has 0 saturated carbocycles. The minimum Gasteiger partial charge on any atom is -0.454 e. The lowest BCUT2D eigenvalue weighted by Gasteiger charge is -2.07. The number of H-pyrrole nitrogens is 1. The van der Waals surface area contributed by atoms with Crippen molar-refractivity contribution in [2.45, 2.75) is 6.61 Å². The number of aromatic amines is 1. The number of carbonyl (C=O) groups is 1. The summed E-state index contributed by atoms with van der Waals surface area (Å²) in [5.41, 5.74) is 2.06. The lowest BCUT2D eigenvalue weighted by atomic mass is 10.1. The van der Waals surface area contributed by atoms with Crippen molar-refractivity contribution in [2.24, 2.45) is 0 Å². The van der Waals surface area contributed by atoms with Gasteiger partial charge in [-0.15, -0.1) is 11.3 Å². The second-order valence-electron chi connectivity index (χ2n) is 6.81. The van der Waals surface area contributed by atoms with Crippen LogP contribution in [0.5, 0.6) is 0 Å². The van der Waals surface area contributed by atoms with Crippen molar-refractivity contribution >= 4 is 38.3 Å². The lowest BCUT2D eigenvalue weighted by Crippen LogP contribution is -2.14. The second-order valence-corrected chi connectivity index (χ2v) is 7.67. The molecule has 0 fully saturated rings. The number of thiophene rings is 1. The quantitative estimate of drug-likeness (QED) is 0.414. The zero-order valence-electron chi connectivity index (χ0n) is 15.8. The summed E-state index contributed by atoms with van der Waals surface area (Å²) in [5, 5.41) is 4.27. The number of nitrogens with one attached hydrogen (secondary N) is 1. The van der Waals surface area contributed by atoms with E-state index < -0.39 is 5.97 Å². The average molecular weight is 412 g/mol. The fourth-order valence-corrected chi connectivity index (χ4v) is 4.47. The summed E-state index contributed by atoms with van der Waals surface area (Å²) in [7, 11) is 0. The van der Waals surface area contributed by atoms with Crippen LogP contribution in [0.3, 0.4) is 0 Å². The molecule has 0 aliphatic rings. The highest BCUT2D eigenvalue weighted by atomic mass is 32.1. The maximum atomic E-state index is 12.7. The lowest BCUT2D eigenvalue weighted by molar-refractivity contribution is 0.0465. The van der Waals surface area contributed by atoms with Gasteiger partial charge in [-0.3, -0.25) is 4.79 Å². The van der Waals surface area contributed by atoms with Crippen molar-refractivity contribution in [1.82, 2.24) is 9.97 Å². The molecule has 6 heteroatoms. The van der Waals surface area contributed by atoms with Gasteiger partial charge in [0.15, 0.2) is 0 Å². The first-order valence-electron chi connectivity index (χ1n) is 9.41. The minimum atomic E-state index is -0.453. The molecule has 5 aromatic rings. The SMILES string of the molecule is O=C(OCc1nc2scc(-c3ccccc3)c2c(=O)[nH]1)c1cccc2ccccc12. The Balaban J connectivity index is 1.42. The monoisotopic (exact) mass is 412 g/mol. The highest BCUT2D eigenvalue weighted by Crippen LogP contribution is 2.30. The third-order valence-electron chi connectivity index (χ3n) is 4.93. The number of hydrogen-bond donors (Lipinski definition) is 1. The molecular weight excluding hydrogens is 396 g/mol. The first-order chi connectivity index (χ1) is 14.7. The zero-order chi connectivity index (χ0) is 20.5. The van der Waals surface area contributed by atoms with E-state index in [0.29, 0.717) is 21.6 Å². The molecule has 0 aliphatic carbocycles. The van der Waals surface area contributed by atoms with E-state index in [-0.39, 0.29) is 12.2 Å². The van der Waals surface area contributed by atoms with Crippen LogP contribution in [0.25, 0.3) is 32.1 Å². The van der Waals surface area contributed by atoms with Crippen LogP contribution >= 0.6 is 11.3 Å². The van der Waals surface area contributed by atoms with Crippen LogP contribution in [0, 0.1) is 0 Å². The Kier molecular flexibility index (Phi) is 4.61. The van der Waals surface area contributed by atoms with Crippen molar-refractivity contribution in [1.29, 1.82) is 0 Å². The Labute approximate surface area is 175 Å². The molecule has 2 aromatic heterocycles. The van der Waals surface area contributed by atoms with Gasteiger partial charge in [0.2, 0.25) is 0 Å². The van der Waals surface area contributed by atoms with E-state index in [1.807, 2.05) is 72.1 Å². The summed E-state index contributed by atoms with van der Waals surface area (Å²) in [6.45, 7) is -0.105. The molecule has 0 amide bonds. The summed E-state index contributed by atoms with van der Waals surface area (Å²) < 4.78 is 5.45. The normalized spacial score (nSPS) is 11.1. The fraction of sp³-hybridized carbons (Fsp3) is 0.0417. The molecule has 0 spiro atoms. The van der Waals surface area contributed by atoms with Crippen LogP contribution in [-0.2, 0) is 11.3 Å². The Bertz CT molecular complexity index is 1430. The topological polar surface area (TPSA) is 72.0 Å². The Hall–Kier alpha value is -3.77. The van der Waals surface area contributed by atoms with E-state index in [1.54, 1.807) is 6.07 Å². The Morgan fingerprint density at radius 1 is 0.967 bits per heavy atom. The maximum absolute atomic E-state index is 12.7. The molecule has 1 N–H and O–H groups in total. The summed E-state index contributed by atoms with van der Waals surface area (Å²) >= 11 is 1.40. The number of rotatable bonds is 4. The zero-order valence-corrected chi connectivity index (χ0v) is 16.6. The minimum absolute atomic E-state index is 0.105. The number of nitrogens with zero attached hydrogens (tertiary/aromatic N) is 1. The Morgan fingerprint density at radius 2 is 1.73 bits per heavy atom. The third-order valence-corrected chi connectivity index (χ3v) is 5.80. The van der Waals surface area contributed by atoms with Gasteiger partial charge >= 0.3 is 5.97 Å². The number of fused-ring (bicyclic) bond motifs is 2. The van der Waals surface area contributed by atoms with Crippen molar-refractivity contribution in [3.63, 3.8) is 0 Å². The van der Waals surface area contributed by atoms with E-state index in [2.05, 4.69) is 9.97 Å². The molecule has 0 saturated heterocycles. The molecule has 0 bridgehead atoms. The van der Waals surface area contributed by atoms with Crippen molar-refractivity contribution in [3.8, 4) is 11.1 Å². The van der Waals surface area contributed by atoms with Gasteiger partial charge in [0, 0.05) is 10.9 Å². The number of aromatic nitrogens is 2. The average Bonchev–Trinajstić information content (AvgIpc) is 3.22. The van der Waals surface area contributed by atoms with E-state index in [0.717, 1.165) is 21.9 Å². The van der Waals surface area contributed by atoms with Crippen molar-refractivity contribution in [3.05, 3.63) is 99.9 Å². The van der Waals surface area contributed by atoms with Crippen LogP contribution in [0.1, 0.15) is 16.2 Å². The molecule has 5 rings (SSSR count). The second kappa shape index (κ2) is 7.57. The van der Waals surface area contributed by atoms with Crippen molar-refractivity contribution in [2.75, 3.05) is 0 Å². The van der Waals surface area contributed by atoms with Gasteiger partial charge in [-0.1, -0.05) is 66.7 Å². The molecule has 0 atom stereocenters. The summed E-state index contributed by atoms with van der Waals surface area (Å²) in [4.78, 5) is 33.2. The number of carbonyl (C=O) groups excluding carboxylic acids is 1. The number of hydrogen-bond acceptors (Lipinski definition) is 5. The van der Waals surface area contributed by atoms with E-state index in [1.165, 1.54) is 11.3 Å². The molecule has 0 aliphatic heterocycles. The van der Waals surface area contributed by atoms with Gasteiger partial charge in [-0.25, -0.2) is 9.78 Å². The highest BCUT2D eigenvalue weighted by Gasteiger charge is 2.15. The van der Waals surface area contributed by atoms with E-state index >= 15 is 0 Å². The first-order valence-corrected chi connectivity index (χ1v) is 10.3. The first kappa shape index (κ1) is 18.3. The van der Waals surface area contributed by atoms with Gasteiger partial charge in [-0.2, -0.15) is 0 Å². The fourth-order valence-electron chi connectivity index (χ4n) is 3.51. The van der Waals surface area contributed by atoms with Crippen LogP contribution in [0.4, 0.5) is 0 Å². The maximum Gasteiger partial charge on any atom is 0.339 e. The predicted octanol–water partition coefficient (Wildman–Crippen LogP) is 5.16. The van der Waals surface area contributed by atoms with Gasteiger partial charge < -0.3 is 9.72 Å². The molecule has 0 radical (unpaired) electrons. The standard InChI is InChI=1S/C24H16N2O3S/c27-22-21-19(16-7-2-1-3-8-16)14-30-23(21)26-20(25-22)13-29-24(28)18-12-6-10-15-9-4-5-11-17(15)18/h1-12,14H,13H2,(H,25,26,27). The number of ether oxygens (including phenoxy) is 1. The van der Waals surface area contributed by atoms with Crippen LogP contribution in [-0.4, -0.2) is 15.9 Å². The summed E-state index contributed by atoms with van der Waals surface area (Å²) in [6.07, 6.45) is 0. The van der Waals surface area contributed by atoms with E-state index in [4.69, 9.17) is 4.74 Å². The smallest absolute Gasteiger partial charge is 0.339 e. The van der Waals surface area contributed by atoms with Crippen LogP contribution < -0.4 is 5.56 Å². The number of benzene rings is 3. The molecule has 2 heterocycles. The van der Waals surface area contributed by atoms with Crippen molar-refractivity contribution < 1.29 is 9.53 Å². The van der Waals surface area contributed by atoms with Gasteiger partial charge in [0.25, 0.3) is 5.56 Å². The largest absolute Gasteiger partial charge is 0.454 e. The third kappa shape index (κ3) is 3.27. The summed E-state index contributed by atoms with van der Waals surface area (Å²) in [6, 6.07) is 22.8. The molecule has 30 heavy (non-hydrogen) atoms. The van der Waals surface area contributed by atoms with Gasteiger partial charge in [0.05, 0.1) is 10.9 Å². The van der Waals surface area contributed by atoms with Gasteiger partial charge in [-0.05, 0) is 22.4 Å². The van der Waals surface area contributed by atoms with Crippen LogP contribution in [0.15, 0.2) is 83.0 Å². The molecule has 3 aromatic carbocycles. The molecular formula is C24H16N2O3S. The Morgan fingerprint density at radius 3 is 2.60 bits per heavy atom. The van der Waals surface area contributed by atoms with E-state index in [9.17, 15) is 9.59 Å². The summed E-state index contributed by atoms with van der Waals surface area (Å²) in [5.74, 6) is -0.131. The van der Waals surface area contributed by atoms with Gasteiger partial charge in [0.1, 0.15) is 17.3 Å². The molecule has 0 unspecified atom stereocenters. The number of esters is 1. The molecule has 5 nitrogen and oxygen atoms in total. The molecule has 146 valence electrons. The van der Waals surface area contributed by atoms with Crippen LogP contribution in [0.2, 0.25) is 0 Å².